The smallest absolute Gasteiger partial charge is 0.269 e. The van der Waals surface area contributed by atoms with Crippen LogP contribution in [0.4, 0.5) is 0 Å². The molecule has 1 atom stereocenters. The van der Waals surface area contributed by atoms with Crippen LogP contribution in [0.1, 0.15) is 43.0 Å². The molecule has 1 aliphatic rings. The number of amides is 3. The van der Waals surface area contributed by atoms with E-state index < -0.39 is 6.04 Å². The summed E-state index contributed by atoms with van der Waals surface area (Å²) in [6.45, 7) is 2.53. The topological polar surface area (TPSA) is 78.5 Å². The van der Waals surface area contributed by atoms with E-state index in [1.807, 2.05) is 13.0 Å². The second kappa shape index (κ2) is 7.59. The summed E-state index contributed by atoms with van der Waals surface area (Å²) in [6, 6.07) is 8.14. The number of nitrogens with zero attached hydrogens (tertiary/aromatic N) is 1. The molecule has 1 fully saturated rings. The fourth-order valence-corrected chi connectivity index (χ4v) is 2.56. The van der Waals surface area contributed by atoms with Gasteiger partial charge in [-0.25, -0.2) is 0 Å². The largest absolute Gasteiger partial charge is 0.331 e. The van der Waals surface area contributed by atoms with E-state index in [-0.39, 0.29) is 17.7 Å². The molecule has 0 bridgehead atoms. The van der Waals surface area contributed by atoms with Crippen molar-refractivity contribution in [3.63, 3.8) is 0 Å². The highest BCUT2D eigenvalue weighted by atomic mass is 16.2. The summed E-state index contributed by atoms with van der Waals surface area (Å²) in [5, 5.41) is 0. The van der Waals surface area contributed by atoms with Crippen molar-refractivity contribution in [3.8, 4) is 0 Å². The van der Waals surface area contributed by atoms with Gasteiger partial charge in [-0.15, -0.1) is 0 Å². The van der Waals surface area contributed by atoms with Gasteiger partial charge in [-0.05, 0) is 31.4 Å². The van der Waals surface area contributed by atoms with Crippen LogP contribution in [0.5, 0.6) is 0 Å². The number of carbonyl (C=O) groups excluding carboxylic acids is 3. The molecule has 1 saturated heterocycles. The molecule has 1 aromatic carbocycles. The predicted molar refractivity (Wildman–Crippen MR) is 81.7 cm³/mol. The van der Waals surface area contributed by atoms with Crippen molar-refractivity contribution in [2.45, 2.75) is 38.6 Å². The monoisotopic (exact) mass is 303 g/mol. The zero-order valence-electron chi connectivity index (χ0n) is 12.7. The lowest BCUT2D eigenvalue weighted by atomic mass is 10.2. The summed E-state index contributed by atoms with van der Waals surface area (Å²) in [5.41, 5.74) is 5.27. The third-order valence-electron chi connectivity index (χ3n) is 3.67. The summed E-state index contributed by atoms with van der Waals surface area (Å²) in [7, 11) is 0. The zero-order valence-corrected chi connectivity index (χ0v) is 12.7. The summed E-state index contributed by atoms with van der Waals surface area (Å²) < 4.78 is 0. The summed E-state index contributed by atoms with van der Waals surface area (Å²) in [5.74, 6) is -0.723. The Bertz CT molecular complexity index is 545. The summed E-state index contributed by atoms with van der Waals surface area (Å²) >= 11 is 0. The van der Waals surface area contributed by atoms with Gasteiger partial charge >= 0.3 is 0 Å². The average molecular weight is 303 g/mol. The van der Waals surface area contributed by atoms with Crippen molar-refractivity contribution in [2.75, 3.05) is 6.54 Å². The van der Waals surface area contributed by atoms with Crippen LogP contribution in [0.25, 0.3) is 0 Å². The van der Waals surface area contributed by atoms with Crippen molar-refractivity contribution in [1.29, 1.82) is 0 Å². The van der Waals surface area contributed by atoms with Gasteiger partial charge in [-0.1, -0.05) is 25.1 Å². The molecule has 2 rings (SSSR count). The molecule has 0 spiro atoms. The van der Waals surface area contributed by atoms with Crippen LogP contribution in [-0.2, 0) is 9.59 Å². The first-order valence-electron chi connectivity index (χ1n) is 7.58. The van der Waals surface area contributed by atoms with E-state index >= 15 is 0 Å². The first-order chi connectivity index (χ1) is 10.6. The van der Waals surface area contributed by atoms with Gasteiger partial charge in [0.05, 0.1) is 0 Å². The van der Waals surface area contributed by atoms with E-state index in [1.54, 1.807) is 29.2 Å². The highest BCUT2D eigenvalue weighted by molar-refractivity contribution is 5.96. The molecule has 6 nitrogen and oxygen atoms in total. The molecule has 22 heavy (non-hydrogen) atoms. The highest BCUT2D eigenvalue weighted by Crippen LogP contribution is 2.18. The van der Waals surface area contributed by atoms with Crippen LogP contribution < -0.4 is 10.9 Å². The van der Waals surface area contributed by atoms with Crippen LogP contribution >= 0.6 is 0 Å². The van der Waals surface area contributed by atoms with Gasteiger partial charge in [0.1, 0.15) is 6.04 Å². The number of benzene rings is 1. The van der Waals surface area contributed by atoms with Crippen molar-refractivity contribution in [2.24, 2.45) is 0 Å². The normalized spacial score (nSPS) is 17.1. The lowest BCUT2D eigenvalue weighted by molar-refractivity contribution is -0.138. The van der Waals surface area contributed by atoms with E-state index in [4.69, 9.17) is 0 Å². The number of likely N-dealkylation sites (tertiary alicyclic amines) is 1. The Balaban J connectivity index is 1.89. The molecule has 2 N–H and O–H groups in total. The van der Waals surface area contributed by atoms with Crippen molar-refractivity contribution < 1.29 is 14.4 Å². The molecular weight excluding hydrogens is 282 g/mol. The second-order valence-corrected chi connectivity index (χ2v) is 5.30. The van der Waals surface area contributed by atoms with Crippen LogP contribution in [0.2, 0.25) is 0 Å². The maximum absolute atomic E-state index is 12.2. The molecule has 1 aliphatic heterocycles. The van der Waals surface area contributed by atoms with E-state index in [0.717, 1.165) is 12.8 Å². The quantitative estimate of drug-likeness (QED) is 0.821. The Morgan fingerprint density at radius 1 is 1.18 bits per heavy atom. The number of carbonyl (C=O) groups is 3. The molecule has 1 aromatic rings. The number of hydrogen-bond acceptors (Lipinski definition) is 3. The molecule has 0 radical (unpaired) electrons. The Morgan fingerprint density at radius 2 is 1.91 bits per heavy atom. The number of rotatable bonds is 4. The number of nitrogens with one attached hydrogen (secondary N) is 2. The summed E-state index contributed by atoms with van der Waals surface area (Å²) in [4.78, 5) is 37.6. The zero-order chi connectivity index (χ0) is 15.9. The predicted octanol–water partition coefficient (Wildman–Crippen LogP) is 1.24. The van der Waals surface area contributed by atoms with Gasteiger partial charge < -0.3 is 4.90 Å². The minimum atomic E-state index is -0.491. The SMILES string of the molecule is CCCC(=O)N1CCCC1C(=O)NNC(=O)c1ccccc1. The fourth-order valence-electron chi connectivity index (χ4n) is 2.56. The second-order valence-electron chi connectivity index (χ2n) is 5.30. The molecule has 0 aromatic heterocycles. The first kappa shape index (κ1) is 16.0. The number of hydrazine groups is 1. The minimum absolute atomic E-state index is 0.00506. The van der Waals surface area contributed by atoms with Gasteiger partial charge in [0.2, 0.25) is 5.91 Å². The third kappa shape index (κ3) is 3.84. The molecule has 6 heteroatoms. The molecule has 0 aliphatic carbocycles. The van der Waals surface area contributed by atoms with Gasteiger partial charge in [-0.3, -0.25) is 25.2 Å². The van der Waals surface area contributed by atoms with E-state index in [9.17, 15) is 14.4 Å². The van der Waals surface area contributed by atoms with Gasteiger partial charge in [0.15, 0.2) is 0 Å². The van der Waals surface area contributed by atoms with Crippen LogP contribution in [0.3, 0.4) is 0 Å². The van der Waals surface area contributed by atoms with Crippen LogP contribution in [0.15, 0.2) is 30.3 Å². The average Bonchev–Trinajstić information content (AvgIpc) is 3.03. The molecule has 1 unspecified atom stereocenters. The number of hydrogen-bond donors (Lipinski definition) is 2. The Hall–Kier alpha value is -2.37. The molecular formula is C16H21N3O3. The van der Waals surface area contributed by atoms with Crippen LogP contribution in [-0.4, -0.2) is 35.2 Å². The lowest BCUT2D eigenvalue weighted by Gasteiger charge is -2.23. The van der Waals surface area contributed by atoms with Gasteiger partial charge in [0, 0.05) is 18.5 Å². The van der Waals surface area contributed by atoms with Gasteiger partial charge in [-0.2, -0.15) is 0 Å². The van der Waals surface area contributed by atoms with Crippen molar-refractivity contribution in [3.05, 3.63) is 35.9 Å². The summed E-state index contributed by atoms with van der Waals surface area (Å²) in [6.07, 6.45) is 2.64. The maximum Gasteiger partial charge on any atom is 0.269 e. The molecule has 118 valence electrons. The van der Waals surface area contributed by atoms with Crippen molar-refractivity contribution >= 4 is 17.7 Å². The van der Waals surface area contributed by atoms with E-state index in [1.165, 1.54) is 0 Å². The third-order valence-corrected chi connectivity index (χ3v) is 3.67. The Morgan fingerprint density at radius 3 is 2.59 bits per heavy atom. The standard InChI is InChI=1S/C16H21N3O3/c1-2-7-14(20)19-11-6-10-13(19)16(22)18-17-15(21)12-8-4-3-5-9-12/h3-5,8-9,13H,2,6-7,10-11H2,1H3,(H,17,21)(H,18,22). The minimum Gasteiger partial charge on any atom is -0.331 e. The van der Waals surface area contributed by atoms with E-state index in [2.05, 4.69) is 10.9 Å². The Kier molecular flexibility index (Phi) is 5.52. The first-order valence-corrected chi connectivity index (χ1v) is 7.58. The van der Waals surface area contributed by atoms with Crippen molar-refractivity contribution in [1.82, 2.24) is 15.8 Å². The van der Waals surface area contributed by atoms with E-state index in [0.29, 0.717) is 24.9 Å². The lowest BCUT2D eigenvalue weighted by Crippen LogP contribution is -2.51. The van der Waals surface area contributed by atoms with Crippen LogP contribution in [0, 0.1) is 0 Å². The molecule has 0 saturated carbocycles. The highest BCUT2D eigenvalue weighted by Gasteiger charge is 2.33. The fraction of sp³-hybridized carbons (Fsp3) is 0.438. The Labute approximate surface area is 129 Å². The maximum atomic E-state index is 12.2. The molecule has 3 amide bonds. The van der Waals surface area contributed by atoms with Gasteiger partial charge in [0.25, 0.3) is 11.8 Å². The molecule has 1 heterocycles.